The maximum Gasteiger partial charge on any atom is 0.422 e. The third kappa shape index (κ3) is 3.73. The number of hydrogen-bond donors (Lipinski definition) is 1. The molecule has 1 rings (SSSR count). The molecule has 0 heterocycles. The molecular weight excluding hydrogens is 219 g/mol. The normalized spacial score (nSPS) is 13.6. The van der Waals surface area contributed by atoms with Gasteiger partial charge in [-0.1, -0.05) is 12.1 Å². The van der Waals surface area contributed by atoms with Crippen LogP contribution in [-0.2, 0) is 0 Å². The highest BCUT2D eigenvalue weighted by Gasteiger charge is 2.29. The predicted octanol–water partition coefficient (Wildman–Crippen LogP) is 2.96. The first kappa shape index (κ1) is 12.8. The maximum atomic E-state index is 12.0. The summed E-state index contributed by atoms with van der Waals surface area (Å²) in [5.74, 6) is 0.201. The number of benzene rings is 1. The smallest absolute Gasteiger partial charge is 0.422 e. The Bertz CT molecular complexity index is 361. The molecule has 0 aliphatic heterocycles. The topological polar surface area (TPSA) is 35.2 Å². The lowest BCUT2D eigenvalue weighted by molar-refractivity contribution is -0.153. The van der Waals surface area contributed by atoms with Crippen LogP contribution in [0, 0.1) is 6.92 Å². The van der Waals surface area contributed by atoms with E-state index in [1.807, 2.05) is 0 Å². The molecule has 0 saturated carbocycles. The van der Waals surface area contributed by atoms with Crippen LogP contribution in [0.4, 0.5) is 13.2 Å². The van der Waals surface area contributed by atoms with Gasteiger partial charge in [0.05, 0.1) is 0 Å². The second-order valence-electron chi connectivity index (χ2n) is 3.73. The molecule has 2 N–H and O–H groups in total. The Hall–Kier alpha value is -1.23. The monoisotopic (exact) mass is 233 g/mol. The number of ether oxygens (including phenoxy) is 1. The van der Waals surface area contributed by atoms with Crippen molar-refractivity contribution in [3.8, 4) is 5.75 Å². The number of rotatable bonds is 3. The van der Waals surface area contributed by atoms with Crippen molar-refractivity contribution in [3.63, 3.8) is 0 Å². The van der Waals surface area contributed by atoms with Gasteiger partial charge in [-0.2, -0.15) is 13.2 Å². The van der Waals surface area contributed by atoms with Gasteiger partial charge in [-0.05, 0) is 25.5 Å². The second kappa shape index (κ2) is 4.74. The minimum atomic E-state index is -4.33. The van der Waals surface area contributed by atoms with Crippen molar-refractivity contribution in [1.82, 2.24) is 0 Å². The number of aryl methyl sites for hydroxylation is 1. The molecule has 0 aliphatic rings. The van der Waals surface area contributed by atoms with E-state index in [1.165, 1.54) is 0 Å². The summed E-state index contributed by atoms with van der Waals surface area (Å²) in [6, 6.07) is 4.68. The molecule has 0 aromatic heterocycles. The second-order valence-corrected chi connectivity index (χ2v) is 3.73. The van der Waals surface area contributed by atoms with E-state index in [4.69, 9.17) is 10.5 Å². The lowest BCUT2D eigenvalue weighted by Crippen LogP contribution is -2.20. The number of nitrogens with two attached hydrogens (primary N) is 1. The molecule has 0 fully saturated rings. The molecular formula is C11H14F3NO. The Morgan fingerprint density at radius 1 is 1.38 bits per heavy atom. The van der Waals surface area contributed by atoms with Crippen molar-refractivity contribution in [1.29, 1.82) is 0 Å². The number of alkyl halides is 3. The third-order valence-electron chi connectivity index (χ3n) is 2.05. The zero-order valence-electron chi connectivity index (χ0n) is 9.14. The Balaban J connectivity index is 2.88. The van der Waals surface area contributed by atoms with E-state index in [1.54, 1.807) is 32.0 Å². The average molecular weight is 233 g/mol. The van der Waals surface area contributed by atoms with E-state index in [-0.39, 0.29) is 11.8 Å². The SMILES string of the molecule is Cc1ccc([C@@H](C)N)c(OCC(F)(F)F)c1. The van der Waals surface area contributed by atoms with E-state index in [0.717, 1.165) is 5.56 Å². The summed E-state index contributed by atoms with van der Waals surface area (Å²) in [5, 5.41) is 0. The fraction of sp³-hybridized carbons (Fsp3) is 0.455. The minimum absolute atomic E-state index is 0.201. The molecule has 5 heteroatoms. The fourth-order valence-electron chi connectivity index (χ4n) is 1.30. The molecule has 0 unspecified atom stereocenters. The summed E-state index contributed by atoms with van der Waals surface area (Å²) in [6.45, 7) is 2.19. The van der Waals surface area contributed by atoms with Crippen molar-refractivity contribution in [2.45, 2.75) is 26.1 Å². The Morgan fingerprint density at radius 2 is 2.00 bits per heavy atom. The summed E-state index contributed by atoms with van der Waals surface area (Å²) in [5.41, 5.74) is 7.06. The zero-order valence-corrected chi connectivity index (χ0v) is 9.14. The first-order chi connectivity index (χ1) is 7.29. The van der Waals surface area contributed by atoms with E-state index >= 15 is 0 Å². The summed E-state index contributed by atoms with van der Waals surface area (Å²) >= 11 is 0. The zero-order chi connectivity index (χ0) is 12.3. The molecule has 0 saturated heterocycles. The average Bonchev–Trinajstić information content (AvgIpc) is 2.13. The molecule has 1 aromatic carbocycles. The van der Waals surface area contributed by atoms with E-state index in [9.17, 15) is 13.2 Å². The largest absolute Gasteiger partial charge is 0.484 e. The van der Waals surface area contributed by atoms with Gasteiger partial charge in [0.2, 0.25) is 0 Å². The van der Waals surface area contributed by atoms with Crippen LogP contribution < -0.4 is 10.5 Å². The first-order valence-corrected chi connectivity index (χ1v) is 4.85. The van der Waals surface area contributed by atoms with Crippen LogP contribution in [-0.4, -0.2) is 12.8 Å². The van der Waals surface area contributed by atoms with Crippen LogP contribution in [0.25, 0.3) is 0 Å². The van der Waals surface area contributed by atoms with Crippen LogP contribution in [0.5, 0.6) is 5.75 Å². The minimum Gasteiger partial charge on any atom is -0.484 e. The van der Waals surface area contributed by atoms with Crippen molar-refractivity contribution in [2.75, 3.05) is 6.61 Å². The standard InChI is InChI=1S/C11H14F3NO/c1-7-3-4-9(8(2)15)10(5-7)16-6-11(12,13)14/h3-5,8H,6,15H2,1-2H3/t8-/m1/s1. The maximum absolute atomic E-state index is 12.0. The number of halogens is 3. The third-order valence-corrected chi connectivity index (χ3v) is 2.05. The number of hydrogen-bond acceptors (Lipinski definition) is 2. The van der Waals surface area contributed by atoms with Gasteiger partial charge in [0.15, 0.2) is 6.61 Å². The summed E-state index contributed by atoms with van der Waals surface area (Å²) in [6.07, 6.45) is -4.33. The molecule has 0 bridgehead atoms. The highest BCUT2D eigenvalue weighted by Crippen LogP contribution is 2.27. The molecule has 16 heavy (non-hydrogen) atoms. The Kier molecular flexibility index (Phi) is 3.80. The first-order valence-electron chi connectivity index (χ1n) is 4.85. The van der Waals surface area contributed by atoms with E-state index < -0.39 is 12.8 Å². The molecule has 90 valence electrons. The van der Waals surface area contributed by atoms with Gasteiger partial charge < -0.3 is 10.5 Å². The molecule has 2 nitrogen and oxygen atoms in total. The Labute approximate surface area is 92.2 Å². The van der Waals surface area contributed by atoms with E-state index in [0.29, 0.717) is 5.56 Å². The Morgan fingerprint density at radius 3 is 2.50 bits per heavy atom. The molecule has 0 radical (unpaired) electrons. The quantitative estimate of drug-likeness (QED) is 0.871. The summed E-state index contributed by atoms with van der Waals surface area (Å²) in [7, 11) is 0. The highest BCUT2D eigenvalue weighted by atomic mass is 19.4. The summed E-state index contributed by atoms with van der Waals surface area (Å²) in [4.78, 5) is 0. The van der Waals surface area contributed by atoms with Crippen molar-refractivity contribution >= 4 is 0 Å². The van der Waals surface area contributed by atoms with Gasteiger partial charge in [0.1, 0.15) is 5.75 Å². The van der Waals surface area contributed by atoms with Gasteiger partial charge in [0.25, 0.3) is 0 Å². The molecule has 0 amide bonds. The van der Waals surface area contributed by atoms with Crippen LogP contribution >= 0.6 is 0 Å². The molecule has 0 aliphatic carbocycles. The van der Waals surface area contributed by atoms with Crippen LogP contribution in [0.2, 0.25) is 0 Å². The van der Waals surface area contributed by atoms with Gasteiger partial charge in [-0.15, -0.1) is 0 Å². The molecule has 1 aromatic rings. The lowest BCUT2D eigenvalue weighted by atomic mass is 10.1. The van der Waals surface area contributed by atoms with Crippen LogP contribution in [0.1, 0.15) is 24.1 Å². The van der Waals surface area contributed by atoms with Crippen molar-refractivity contribution in [2.24, 2.45) is 5.73 Å². The van der Waals surface area contributed by atoms with Crippen molar-refractivity contribution < 1.29 is 17.9 Å². The predicted molar refractivity (Wildman–Crippen MR) is 55.3 cm³/mol. The van der Waals surface area contributed by atoms with Crippen LogP contribution in [0.15, 0.2) is 18.2 Å². The van der Waals surface area contributed by atoms with Gasteiger partial charge in [0, 0.05) is 11.6 Å². The van der Waals surface area contributed by atoms with Gasteiger partial charge in [-0.3, -0.25) is 0 Å². The lowest BCUT2D eigenvalue weighted by Gasteiger charge is -2.15. The van der Waals surface area contributed by atoms with Crippen molar-refractivity contribution in [3.05, 3.63) is 29.3 Å². The molecule has 1 atom stereocenters. The van der Waals surface area contributed by atoms with Gasteiger partial charge >= 0.3 is 6.18 Å². The van der Waals surface area contributed by atoms with Gasteiger partial charge in [-0.25, -0.2) is 0 Å². The van der Waals surface area contributed by atoms with E-state index in [2.05, 4.69) is 0 Å². The molecule has 0 spiro atoms. The van der Waals surface area contributed by atoms with Crippen LogP contribution in [0.3, 0.4) is 0 Å². The fourth-order valence-corrected chi connectivity index (χ4v) is 1.30. The summed E-state index contributed by atoms with van der Waals surface area (Å²) < 4.78 is 40.8. The highest BCUT2D eigenvalue weighted by molar-refractivity contribution is 5.38.